The number of benzene rings is 2. The van der Waals surface area contributed by atoms with E-state index in [9.17, 15) is 18.7 Å². The zero-order valence-corrected chi connectivity index (χ0v) is 11.2. The Morgan fingerprint density at radius 1 is 1.24 bits per heavy atom. The van der Waals surface area contributed by atoms with Crippen molar-refractivity contribution in [3.63, 3.8) is 0 Å². The van der Waals surface area contributed by atoms with Crippen molar-refractivity contribution < 1.29 is 23.4 Å². The number of amides is 1. The van der Waals surface area contributed by atoms with Gasteiger partial charge in [0, 0.05) is 6.07 Å². The van der Waals surface area contributed by atoms with Crippen molar-refractivity contribution >= 4 is 11.6 Å². The van der Waals surface area contributed by atoms with Crippen molar-refractivity contribution in [2.75, 3.05) is 11.9 Å². The number of nitrogens with one attached hydrogen (secondary N) is 1. The Morgan fingerprint density at radius 2 is 2.00 bits per heavy atom. The lowest BCUT2D eigenvalue weighted by molar-refractivity contribution is -0.118. The van der Waals surface area contributed by atoms with Gasteiger partial charge < -0.3 is 15.2 Å². The molecule has 0 bridgehead atoms. The molecular weight excluding hydrogens is 280 g/mol. The first kappa shape index (κ1) is 14.8. The van der Waals surface area contributed by atoms with Crippen molar-refractivity contribution in [3.8, 4) is 11.5 Å². The van der Waals surface area contributed by atoms with Crippen LogP contribution in [-0.4, -0.2) is 17.6 Å². The molecule has 21 heavy (non-hydrogen) atoms. The molecule has 0 aliphatic rings. The molecule has 2 aromatic rings. The molecule has 2 rings (SSSR count). The van der Waals surface area contributed by atoms with Crippen molar-refractivity contribution in [2.24, 2.45) is 0 Å². The zero-order valence-electron chi connectivity index (χ0n) is 11.2. The lowest BCUT2D eigenvalue weighted by atomic mass is 10.2. The van der Waals surface area contributed by atoms with E-state index in [0.29, 0.717) is 6.07 Å². The van der Waals surface area contributed by atoms with Crippen LogP contribution in [0, 0.1) is 18.6 Å². The van der Waals surface area contributed by atoms with Gasteiger partial charge in [0.05, 0.1) is 5.69 Å². The molecule has 0 aliphatic heterocycles. The summed E-state index contributed by atoms with van der Waals surface area (Å²) < 4.78 is 31.0. The summed E-state index contributed by atoms with van der Waals surface area (Å²) in [6.07, 6.45) is 0. The van der Waals surface area contributed by atoms with E-state index < -0.39 is 24.1 Å². The monoisotopic (exact) mass is 293 g/mol. The number of anilines is 1. The highest BCUT2D eigenvalue weighted by Gasteiger charge is 2.10. The molecule has 2 aromatic carbocycles. The summed E-state index contributed by atoms with van der Waals surface area (Å²) in [6, 6.07) is 7.55. The summed E-state index contributed by atoms with van der Waals surface area (Å²) in [5, 5.41) is 12.1. The van der Waals surface area contributed by atoms with E-state index >= 15 is 0 Å². The van der Waals surface area contributed by atoms with Gasteiger partial charge in [-0.15, -0.1) is 0 Å². The van der Waals surface area contributed by atoms with Crippen LogP contribution in [0.3, 0.4) is 0 Å². The van der Waals surface area contributed by atoms with E-state index in [0.717, 1.165) is 17.7 Å². The molecule has 0 aliphatic carbocycles. The topological polar surface area (TPSA) is 58.6 Å². The Labute approximate surface area is 120 Å². The number of phenols is 1. The molecule has 0 saturated carbocycles. The average molecular weight is 293 g/mol. The fourth-order valence-corrected chi connectivity index (χ4v) is 1.67. The maximum Gasteiger partial charge on any atom is 0.262 e. The van der Waals surface area contributed by atoms with Crippen LogP contribution in [0.15, 0.2) is 36.4 Å². The number of aromatic hydroxyl groups is 1. The number of phenolic OH excluding ortho intramolecular Hbond substituents is 1. The fourth-order valence-electron chi connectivity index (χ4n) is 1.67. The molecule has 0 fully saturated rings. The van der Waals surface area contributed by atoms with Crippen LogP contribution in [0.4, 0.5) is 14.5 Å². The molecule has 0 atom stereocenters. The highest BCUT2D eigenvalue weighted by molar-refractivity contribution is 5.93. The van der Waals surface area contributed by atoms with Gasteiger partial charge in [0.15, 0.2) is 18.2 Å². The second-order valence-electron chi connectivity index (χ2n) is 4.43. The highest BCUT2D eigenvalue weighted by atomic mass is 19.1. The van der Waals surface area contributed by atoms with Gasteiger partial charge in [0.25, 0.3) is 5.91 Å². The minimum absolute atomic E-state index is 0.0729. The van der Waals surface area contributed by atoms with Crippen LogP contribution in [-0.2, 0) is 4.79 Å². The van der Waals surface area contributed by atoms with E-state index in [2.05, 4.69) is 5.32 Å². The van der Waals surface area contributed by atoms with Gasteiger partial charge in [0.1, 0.15) is 11.6 Å². The van der Waals surface area contributed by atoms with Crippen LogP contribution in [0.2, 0.25) is 0 Å². The Morgan fingerprint density at radius 3 is 2.67 bits per heavy atom. The number of aryl methyl sites for hydroxylation is 1. The maximum absolute atomic E-state index is 13.3. The van der Waals surface area contributed by atoms with Crippen LogP contribution in [0.5, 0.6) is 11.5 Å². The van der Waals surface area contributed by atoms with Crippen LogP contribution in [0.25, 0.3) is 0 Å². The van der Waals surface area contributed by atoms with Crippen LogP contribution < -0.4 is 10.1 Å². The summed E-state index contributed by atoms with van der Waals surface area (Å²) >= 11 is 0. The molecular formula is C15H13F2NO3. The second-order valence-corrected chi connectivity index (χ2v) is 4.43. The number of halogens is 2. The van der Waals surface area contributed by atoms with Gasteiger partial charge >= 0.3 is 0 Å². The third-order valence-electron chi connectivity index (χ3n) is 2.68. The van der Waals surface area contributed by atoms with Gasteiger partial charge in [-0.1, -0.05) is 6.07 Å². The van der Waals surface area contributed by atoms with Crippen molar-refractivity contribution in [3.05, 3.63) is 53.6 Å². The molecule has 0 aromatic heterocycles. The predicted molar refractivity (Wildman–Crippen MR) is 73.3 cm³/mol. The molecule has 0 heterocycles. The minimum Gasteiger partial charge on any atom is -0.506 e. The number of rotatable bonds is 4. The third kappa shape index (κ3) is 3.92. The first-order chi connectivity index (χ1) is 9.95. The Kier molecular flexibility index (Phi) is 4.37. The SMILES string of the molecule is Cc1ccc(NC(=O)COc2ccc(F)cc2F)c(O)c1. The summed E-state index contributed by atoms with van der Waals surface area (Å²) in [5.41, 5.74) is 1.07. The zero-order chi connectivity index (χ0) is 15.4. The smallest absolute Gasteiger partial charge is 0.262 e. The molecule has 4 nitrogen and oxygen atoms in total. The van der Waals surface area contributed by atoms with Crippen LogP contribution >= 0.6 is 0 Å². The minimum atomic E-state index is -0.888. The molecule has 0 spiro atoms. The fraction of sp³-hybridized carbons (Fsp3) is 0.133. The predicted octanol–water partition coefficient (Wildman–Crippen LogP) is 3.00. The first-order valence-corrected chi connectivity index (χ1v) is 6.13. The summed E-state index contributed by atoms with van der Waals surface area (Å²) in [6.45, 7) is 1.33. The molecule has 0 saturated heterocycles. The number of carbonyl (C=O) groups excluding carboxylic acids is 1. The normalized spacial score (nSPS) is 10.2. The molecule has 0 unspecified atom stereocenters. The van der Waals surface area contributed by atoms with E-state index in [1.165, 1.54) is 6.07 Å². The number of ether oxygens (including phenoxy) is 1. The number of hydrogen-bond acceptors (Lipinski definition) is 3. The number of carbonyl (C=O) groups is 1. The third-order valence-corrected chi connectivity index (χ3v) is 2.68. The quantitative estimate of drug-likeness (QED) is 0.852. The summed E-state index contributed by atoms with van der Waals surface area (Å²) in [5.74, 6) is -2.48. The van der Waals surface area contributed by atoms with Crippen molar-refractivity contribution in [2.45, 2.75) is 6.92 Å². The van der Waals surface area contributed by atoms with E-state index in [1.807, 2.05) is 0 Å². The standard InChI is InChI=1S/C15H13F2NO3/c1-9-2-4-12(13(19)6-9)18-15(20)8-21-14-5-3-10(16)7-11(14)17/h2-7,19H,8H2,1H3,(H,18,20). The van der Waals surface area contributed by atoms with E-state index in [4.69, 9.17) is 4.74 Å². The molecule has 0 radical (unpaired) electrons. The van der Waals surface area contributed by atoms with E-state index in [1.54, 1.807) is 19.1 Å². The van der Waals surface area contributed by atoms with Gasteiger partial charge in [-0.2, -0.15) is 0 Å². The molecule has 1 amide bonds. The van der Waals surface area contributed by atoms with Gasteiger partial charge in [-0.05, 0) is 36.8 Å². The van der Waals surface area contributed by atoms with Crippen molar-refractivity contribution in [1.29, 1.82) is 0 Å². The Hall–Kier alpha value is -2.63. The summed E-state index contributed by atoms with van der Waals surface area (Å²) in [7, 11) is 0. The average Bonchev–Trinajstić information content (AvgIpc) is 2.41. The van der Waals surface area contributed by atoms with Gasteiger partial charge in [0.2, 0.25) is 0 Å². The maximum atomic E-state index is 13.3. The molecule has 6 heteroatoms. The number of hydrogen-bond donors (Lipinski definition) is 2. The largest absolute Gasteiger partial charge is 0.506 e. The lowest BCUT2D eigenvalue weighted by Gasteiger charge is -2.09. The van der Waals surface area contributed by atoms with E-state index in [-0.39, 0.29) is 17.2 Å². The second kappa shape index (κ2) is 6.21. The van der Waals surface area contributed by atoms with Crippen LogP contribution in [0.1, 0.15) is 5.56 Å². The van der Waals surface area contributed by atoms with Gasteiger partial charge in [-0.25, -0.2) is 8.78 Å². The lowest BCUT2D eigenvalue weighted by Crippen LogP contribution is -2.20. The molecule has 2 N–H and O–H groups in total. The molecule has 110 valence electrons. The van der Waals surface area contributed by atoms with Gasteiger partial charge in [-0.3, -0.25) is 4.79 Å². The Bertz CT molecular complexity index is 674. The van der Waals surface area contributed by atoms with Crippen molar-refractivity contribution in [1.82, 2.24) is 0 Å². The Balaban J connectivity index is 1.96. The highest BCUT2D eigenvalue weighted by Crippen LogP contribution is 2.24. The summed E-state index contributed by atoms with van der Waals surface area (Å²) in [4.78, 5) is 11.7. The first-order valence-electron chi connectivity index (χ1n) is 6.13.